The van der Waals surface area contributed by atoms with E-state index in [0.717, 1.165) is 5.56 Å². The highest BCUT2D eigenvalue weighted by Crippen LogP contribution is 2.30. The van der Waals surface area contributed by atoms with Gasteiger partial charge in [0.15, 0.2) is 12.4 Å². The van der Waals surface area contributed by atoms with Crippen molar-refractivity contribution in [2.75, 3.05) is 53.1 Å². The van der Waals surface area contributed by atoms with Crippen molar-refractivity contribution < 1.29 is 42.5 Å². The van der Waals surface area contributed by atoms with Gasteiger partial charge in [-0.3, -0.25) is 19.2 Å². The normalized spacial score (nSPS) is 18.1. The third-order valence-electron chi connectivity index (χ3n) is 8.29. The molecule has 2 aromatic carbocycles. The predicted octanol–water partition coefficient (Wildman–Crippen LogP) is 4.23. The van der Waals surface area contributed by atoms with Gasteiger partial charge in [-0.2, -0.15) is 0 Å². The highest BCUT2D eigenvalue weighted by atomic mass is 16.5. The first-order valence-corrected chi connectivity index (χ1v) is 16.7. The number of furan rings is 1. The Morgan fingerprint density at radius 1 is 0.980 bits per heavy atom. The third-order valence-corrected chi connectivity index (χ3v) is 8.29. The molecule has 49 heavy (non-hydrogen) atoms. The number of nitrogens with zero attached hydrogens (tertiary/aromatic N) is 1. The van der Waals surface area contributed by atoms with Crippen molar-refractivity contribution in [1.29, 1.82) is 0 Å². The Kier molecular flexibility index (Phi) is 14.1. The molecule has 0 radical (unpaired) electrons. The molecule has 3 amide bonds. The highest BCUT2D eigenvalue weighted by molar-refractivity contribution is 5.93. The van der Waals surface area contributed by atoms with E-state index in [9.17, 15) is 19.2 Å². The average molecular weight is 678 g/mol. The number of aryl methyl sites for hydroxylation is 1. The van der Waals surface area contributed by atoms with E-state index in [1.807, 2.05) is 42.5 Å². The average Bonchev–Trinajstić information content (AvgIpc) is 3.49. The van der Waals surface area contributed by atoms with Gasteiger partial charge in [0.2, 0.25) is 5.91 Å². The van der Waals surface area contributed by atoms with Crippen LogP contribution in [0.3, 0.4) is 0 Å². The molecule has 0 saturated carbocycles. The van der Waals surface area contributed by atoms with Crippen LogP contribution in [0.1, 0.15) is 60.0 Å². The lowest BCUT2D eigenvalue weighted by Crippen LogP contribution is -2.46. The topological polar surface area (TPSA) is 146 Å². The number of hydrogen-bond acceptors (Lipinski definition) is 9. The van der Waals surface area contributed by atoms with Gasteiger partial charge in [0.1, 0.15) is 23.9 Å². The number of esters is 1. The fourth-order valence-corrected chi connectivity index (χ4v) is 5.61. The zero-order valence-electron chi connectivity index (χ0n) is 28.6. The second kappa shape index (κ2) is 18.6. The van der Waals surface area contributed by atoms with Crippen molar-refractivity contribution in [3.8, 4) is 11.5 Å². The quantitative estimate of drug-likeness (QED) is 0.318. The maximum atomic E-state index is 13.7. The van der Waals surface area contributed by atoms with Crippen LogP contribution in [0.15, 0.2) is 65.1 Å². The Morgan fingerprint density at radius 2 is 1.73 bits per heavy atom. The van der Waals surface area contributed by atoms with Crippen LogP contribution in [-0.2, 0) is 36.9 Å². The summed E-state index contributed by atoms with van der Waals surface area (Å²) in [6.45, 7) is 4.99. The van der Waals surface area contributed by atoms with Crippen LogP contribution in [0.5, 0.6) is 11.5 Å². The van der Waals surface area contributed by atoms with Crippen molar-refractivity contribution in [2.45, 2.75) is 52.6 Å². The molecule has 0 saturated heterocycles. The predicted molar refractivity (Wildman–Crippen MR) is 181 cm³/mol. The monoisotopic (exact) mass is 677 g/mol. The highest BCUT2D eigenvalue weighted by Gasteiger charge is 2.40. The summed E-state index contributed by atoms with van der Waals surface area (Å²) in [5.74, 6) is 0.611. The minimum Gasteiger partial charge on any atom is -0.486 e. The fraction of sp³-hybridized carbons (Fsp3) is 0.459. The summed E-state index contributed by atoms with van der Waals surface area (Å²) in [6.07, 6.45) is 1.59. The molecule has 2 bridgehead atoms. The summed E-state index contributed by atoms with van der Waals surface area (Å²) in [6, 6.07) is 18.3. The van der Waals surface area contributed by atoms with Crippen LogP contribution in [0.25, 0.3) is 0 Å². The summed E-state index contributed by atoms with van der Waals surface area (Å²) in [7, 11) is 1.56. The largest absolute Gasteiger partial charge is 0.486 e. The van der Waals surface area contributed by atoms with Gasteiger partial charge >= 0.3 is 5.97 Å². The van der Waals surface area contributed by atoms with Gasteiger partial charge in [-0.25, -0.2) is 0 Å². The van der Waals surface area contributed by atoms with Crippen molar-refractivity contribution in [1.82, 2.24) is 15.5 Å². The number of amides is 3. The molecule has 0 spiro atoms. The van der Waals surface area contributed by atoms with E-state index in [1.165, 1.54) is 0 Å². The number of nitrogens with one attached hydrogen (secondary N) is 2. The van der Waals surface area contributed by atoms with E-state index in [4.69, 9.17) is 23.4 Å². The maximum absolute atomic E-state index is 13.7. The summed E-state index contributed by atoms with van der Waals surface area (Å²) < 4.78 is 28.2. The van der Waals surface area contributed by atoms with Crippen LogP contribution >= 0.6 is 0 Å². The Bertz CT molecular complexity index is 1520. The number of carbonyl (C=O) groups is 4. The van der Waals surface area contributed by atoms with E-state index < -0.39 is 11.4 Å². The van der Waals surface area contributed by atoms with Crippen LogP contribution in [0.4, 0.5) is 0 Å². The standard InChI is InChI=1S/C37H47N3O9/c1-4-46-36(44)37(17-21-45-3)23-28-13-15-30(16-14-28)48-25-33(42)38-18-9-20-40(19-8-12-32(41)39-26-37)35(43)34-27(2)22-31(49-34)24-47-29-10-6-5-7-11-29/h5-7,10-11,13-16,22H,4,8-9,12,17-21,23-26H2,1-3H3,(H,38,42)(H,39,41). The smallest absolute Gasteiger partial charge is 0.314 e. The lowest BCUT2D eigenvalue weighted by Gasteiger charge is -2.32. The number of benzene rings is 2. The fourth-order valence-electron chi connectivity index (χ4n) is 5.61. The summed E-state index contributed by atoms with van der Waals surface area (Å²) in [5, 5.41) is 5.79. The van der Waals surface area contributed by atoms with Gasteiger partial charge in [-0.1, -0.05) is 30.3 Å². The number of rotatable bonds is 9. The Morgan fingerprint density at radius 3 is 2.47 bits per heavy atom. The Hall–Kier alpha value is -4.84. The molecule has 0 aliphatic carbocycles. The molecular formula is C37H47N3O9. The molecule has 3 aromatic rings. The Balaban J connectivity index is 1.50. The minimum absolute atomic E-state index is 0.0501. The summed E-state index contributed by atoms with van der Waals surface area (Å²) in [5.41, 5.74) is 0.429. The molecule has 1 unspecified atom stereocenters. The molecule has 1 atom stereocenters. The van der Waals surface area contributed by atoms with E-state index in [2.05, 4.69) is 10.6 Å². The summed E-state index contributed by atoms with van der Waals surface area (Å²) in [4.78, 5) is 54.5. The number of methoxy groups -OCH3 is 1. The molecule has 2 N–H and O–H groups in total. The number of ether oxygens (including phenoxy) is 4. The van der Waals surface area contributed by atoms with Crippen LogP contribution in [0.2, 0.25) is 0 Å². The van der Waals surface area contributed by atoms with Crippen LogP contribution < -0.4 is 20.1 Å². The van der Waals surface area contributed by atoms with Crippen LogP contribution in [0, 0.1) is 12.3 Å². The molecule has 3 heterocycles. The van der Waals surface area contributed by atoms with Crippen molar-refractivity contribution >= 4 is 23.7 Å². The van der Waals surface area contributed by atoms with Gasteiger partial charge in [0, 0.05) is 51.9 Å². The van der Waals surface area contributed by atoms with Gasteiger partial charge in [-0.05, 0) is 75.4 Å². The van der Waals surface area contributed by atoms with Crippen molar-refractivity contribution in [3.63, 3.8) is 0 Å². The lowest BCUT2D eigenvalue weighted by molar-refractivity contribution is -0.156. The van der Waals surface area contributed by atoms with E-state index in [-0.39, 0.29) is 69.4 Å². The number of carbonyl (C=O) groups excluding carboxylic acids is 4. The van der Waals surface area contributed by atoms with E-state index >= 15 is 0 Å². The zero-order valence-corrected chi connectivity index (χ0v) is 28.6. The minimum atomic E-state index is -1.08. The van der Waals surface area contributed by atoms with Gasteiger partial charge in [-0.15, -0.1) is 0 Å². The first kappa shape index (κ1) is 37.0. The Labute approximate surface area is 287 Å². The maximum Gasteiger partial charge on any atom is 0.314 e. The second-order valence-electron chi connectivity index (χ2n) is 12.1. The van der Waals surface area contributed by atoms with Crippen LogP contribution in [-0.4, -0.2) is 81.7 Å². The second-order valence-corrected chi connectivity index (χ2v) is 12.1. The molecule has 5 rings (SSSR count). The first-order chi connectivity index (χ1) is 23.7. The lowest BCUT2D eigenvalue weighted by atomic mass is 9.78. The van der Waals surface area contributed by atoms with Crippen molar-refractivity contribution in [2.24, 2.45) is 5.41 Å². The molecule has 0 fully saturated rings. The van der Waals surface area contributed by atoms with Crippen molar-refractivity contribution in [3.05, 3.63) is 83.3 Å². The molecule has 1 aromatic heterocycles. The molecule has 12 nitrogen and oxygen atoms in total. The SMILES string of the molecule is CCOC(=O)C1(CCOC)CNC(=O)CCCN(C(=O)c2oc(COc3ccccc3)cc2C)CCCNC(=O)COc2ccc(cc2)C1. The van der Waals surface area contributed by atoms with E-state index in [0.29, 0.717) is 61.6 Å². The van der Waals surface area contributed by atoms with Gasteiger partial charge in [0.05, 0.1) is 12.0 Å². The third kappa shape index (κ3) is 11.1. The first-order valence-electron chi connectivity index (χ1n) is 16.7. The molecule has 2 aliphatic rings. The number of para-hydroxylation sites is 1. The van der Waals surface area contributed by atoms with E-state index in [1.54, 1.807) is 44.1 Å². The molecule has 264 valence electrons. The number of hydrogen-bond donors (Lipinski definition) is 2. The molecular weight excluding hydrogens is 630 g/mol. The number of fused-ring (bicyclic) bond motifs is 17. The van der Waals surface area contributed by atoms with Gasteiger partial charge in [0.25, 0.3) is 11.8 Å². The molecule has 2 aliphatic heterocycles. The molecule has 12 heteroatoms. The summed E-state index contributed by atoms with van der Waals surface area (Å²) >= 11 is 0. The zero-order chi connectivity index (χ0) is 35.1. The van der Waals surface area contributed by atoms with Gasteiger partial charge < -0.3 is 38.9 Å².